The first-order chi connectivity index (χ1) is 10.2. The van der Waals surface area contributed by atoms with Crippen LogP contribution in [0.5, 0.6) is 5.75 Å². The van der Waals surface area contributed by atoms with E-state index in [1.807, 2.05) is 35.6 Å². The Labute approximate surface area is 130 Å². The van der Waals surface area contributed by atoms with Crippen molar-refractivity contribution in [2.24, 2.45) is 0 Å². The van der Waals surface area contributed by atoms with Gasteiger partial charge in [0.2, 0.25) is 0 Å². The summed E-state index contributed by atoms with van der Waals surface area (Å²) in [4.78, 5) is 2.72. The van der Waals surface area contributed by atoms with Crippen LogP contribution in [-0.4, -0.2) is 13.7 Å². The number of nitrogens with one attached hydrogen (secondary N) is 1. The second-order valence-corrected chi connectivity index (χ2v) is 6.26. The molecule has 1 aromatic heterocycles. The largest absolute Gasteiger partial charge is 0.497 e. The summed E-state index contributed by atoms with van der Waals surface area (Å²) in [5.41, 5.74) is 2.46. The molecule has 0 amide bonds. The van der Waals surface area contributed by atoms with Crippen LogP contribution in [0.4, 0.5) is 0 Å². The molecular formula is C17H23NO2S. The Kier molecular flexibility index (Phi) is 6.23. The van der Waals surface area contributed by atoms with Gasteiger partial charge >= 0.3 is 0 Å². The lowest BCUT2D eigenvalue weighted by atomic mass is 10.2. The van der Waals surface area contributed by atoms with Crippen LogP contribution in [0.3, 0.4) is 0 Å². The Balaban J connectivity index is 1.83. The zero-order valence-electron chi connectivity index (χ0n) is 12.9. The van der Waals surface area contributed by atoms with Crippen molar-refractivity contribution in [3.63, 3.8) is 0 Å². The molecule has 0 aliphatic heterocycles. The second-order valence-electron chi connectivity index (χ2n) is 4.92. The quantitative estimate of drug-likeness (QED) is 0.802. The summed E-state index contributed by atoms with van der Waals surface area (Å²) in [5.74, 6) is 0.875. The summed E-state index contributed by atoms with van der Waals surface area (Å²) in [6.45, 7) is 7.52. The molecule has 1 heterocycles. The number of hydrogen-bond acceptors (Lipinski definition) is 4. The minimum atomic E-state index is 0.627. The molecule has 0 unspecified atom stereocenters. The average Bonchev–Trinajstić information content (AvgIpc) is 2.86. The third kappa shape index (κ3) is 4.84. The summed E-state index contributed by atoms with van der Waals surface area (Å²) >= 11 is 1.85. The van der Waals surface area contributed by atoms with Crippen LogP contribution >= 0.6 is 11.3 Å². The predicted octanol–water partition coefficient (Wildman–Crippen LogP) is 3.89. The molecule has 2 rings (SSSR count). The molecular weight excluding hydrogens is 282 g/mol. The zero-order valence-corrected chi connectivity index (χ0v) is 13.8. The van der Waals surface area contributed by atoms with Gasteiger partial charge in [-0.1, -0.05) is 19.1 Å². The topological polar surface area (TPSA) is 30.5 Å². The number of thiophene rings is 1. The second kappa shape index (κ2) is 8.17. The fourth-order valence-electron chi connectivity index (χ4n) is 2.07. The van der Waals surface area contributed by atoms with E-state index >= 15 is 0 Å². The first kappa shape index (κ1) is 16.0. The van der Waals surface area contributed by atoms with Gasteiger partial charge in [0.1, 0.15) is 5.75 Å². The van der Waals surface area contributed by atoms with Gasteiger partial charge in [0.05, 0.1) is 20.3 Å². The molecule has 0 bridgehead atoms. The minimum absolute atomic E-state index is 0.627. The van der Waals surface area contributed by atoms with Gasteiger partial charge in [0, 0.05) is 16.3 Å². The van der Waals surface area contributed by atoms with E-state index in [4.69, 9.17) is 9.47 Å². The lowest BCUT2D eigenvalue weighted by Gasteiger charge is -2.05. The highest BCUT2D eigenvalue weighted by Gasteiger charge is 2.05. The zero-order chi connectivity index (χ0) is 15.1. The molecule has 0 spiro atoms. The van der Waals surface area contributed by atoms with Gasteiger partial charge < -0.3 is 14.8 Å². The Morgan fingerprint density at radius 1 is 1.14 bits per heavy atom. The first-order valence-electron chi connectivity index (χ1n) is 7.22. The van der Waals surface area contributed by atoms with Crippen LogP contribution < -0.4 is 10.1 Å². The summed E-state index contributed by atoms with van der Waals surface area (Å²) in [6.07, 6.45) is 0. The Hall–Kier alpha value is -1.36. The molecule has 2 aromatic rings. The van der Waals surface area contributed by atoms with Gasteiger partial charge in [0.15, 0.2) is 0 Å². The van der Waals surface area contributed by atoms with E-state index in [0.717, 1.165) is 24.4 Å². The van der Waals surface area contributed by atoms with E-state index in [1.54, 1.807) is 7.11 Å². The Bertz CT molecular complexity index is 548. The molecule has 21 heavy (non-hydrogen) atoms. The maximum absolute atomic E-state index is 5.82. The molecule has 0 aliphatic carbocycles. The maximum atomic E-state index is 5.82. The highest BCUT2D eigenvalue weighted by Crippen LogP contribution is 2.22. The van der Waals surface area contributed by atoms with Gasteiger partial charge in [-0.2, -0.15) is 0 Å². The van der Waals surface area contributed by atoms with Crippen LogP contribution in [0.25, 0.3) is 0 Å². The van der Waals surface area contributed by atoms with E-state index in [-0.39, 0.29) is 0 Å². The van der Waals surface area contributed by atoms with Gasteiger partial charge in [-0.25, -0.2) is 0 Å². The standard InChI is InChI=1S/C17H23NO2S/c1-4-18-10-17-9-15(13(2)21-17)12-20-11-14-5-7-16(19-3)8-6-14/h5-9,18H,4,10-12H2,1-3H3. The van der Waals surface area contributed by atoms with E-state index in [0.29, 0.717) is 13.2 Å². The molecule has 0 aliphatic rings. The highest BCUT2D eigenvalue weighted by molar-refractivity contribution is 7.12. The van der Waals surface area contributed by atoms with Crippen LogP contribution in [0.15, 0.2) is 30.3 Å². The molecule has 0 atom stereocenters. The SMILES string of the molecule is CCNCc1cc(COCc2ccc(OC)cc2)c(C)s1. The van der Waals surface area contributed by atoms with Crippen molar-refractivity contribution in [1.29, 1.82) is 0 Å². The Morgan fingerprint density at radius 3 is 2.57 bits per heavy atom. The maximum Gasteiger partial charge on any atom is 0.118 e. The van der Waals surface area contributed by atoms with Gasteiger partial charge in [0.25, 0.3) is 0 Å². The van der Waals surface area contributed by atoms with E-state index < -0.39 is 0 Å². The molecule has 0 fully saturated rings. The average molecular weight is 305 g/mol. The van der Waals surface area contributed by atoms with Crippen LogP contribution in [0, 0.1) is 6.92 Å². The number of rotatable bonds is 8. The lowest BCUT2D eigenvalue weighted by Crippen LogP contribution is -2.10. The van der Waals surface area contributed by atoms with E-state index in [1.165, 1.54) is 15.3 Å². The number of methoxy groups -OCH3 is 1. The molecule has 1 N–H and O–H groups in total. The summed E-state index contributed by atoms with van der Waals surface area (Å²) < 4.78 is 11.0. The van der Waals surface area contributed by atoms with Crippen LogP contribution in [-0.2, 0) is 24.5 Å². The third-order valence-corrected chi connectivity index (χ3v) is 4.40. The lowest BCUT2D eigenvalue weighted by molar-refractivity contribution is 0.107. The van der Waals surface area contributed by atoms with Crippen molar-refractivity contribution in [2.75, 3.05) is 13.7 Å². The first-order valence-corrected chi connectivity index (χ1v) is 8.04. The van der Waals surface area contributed by atoms with Crippen LogP contribution in [0.2, 0.25) is 0 Å². The van der Waals surface area contributed by atoms with Crippen molar-refractivity contribution in [3.05, 3.63) is 51.2 Å². The highest BCUT2D eigenvalue weighted by atomic mass is 32.1. The number of aryl methyl sites for hydroxylation is 1. The fourth-order valence-corrected chi connectivity index (χ4v) is 3.08. The van der Waals surface area contributed by atoms with Gasteiger partial charge in [-0.15, -0.1) is 11.3 Å². The van der Waals surface area contributed by atoms with Gasteiger partial charge in [-0.05, 0) is 42.8 Å². The summed E-state index contributed by atoms with van der Waals surface area (Å²) in [5, 5.41) is 3.36. The summed E-state index contributed by atoms with van der Waals surface area (Å²) in [6, 6.07) is 10.2. The molecule has 3 nitrogen and oxygen atoms in total. The van der Waals surface area contributed by atoms with Gasteiger partial charge in [-0.3, -0.25) is 0 Å². The van der Waals surface area contributed by atoms with E-state index in [2.05, 4.69) is 25.2 Å². The molecule has 114 valence electrons. The number of hydrogen-bond donors (Lipinski definition) is 1. The normalized spacial score (nSPS) is 10.8. The van der Waals surface area contributed by atoms with Crippen molar-refractivity contribution >= 4 is 11.3 Å². The molecule has 0 saturated carbocycles. The molecule has 4 heteroatoms. The predicted molar refractivity (Wildman–Crippen MR) is 87.9 cm³/mol. The third-order valence-electron chi connectivity index (χ3n) is 3.31. The van der Waals surface area contributed by atoms with E-state index in [9.17, 15) is 0 Å². The van der Waals surface area contributed by atoms with Crippen molar-refractivity contribution < 1.29 is 9.47 Å². The van der Waals surface area contributed by atoms with Crippen molar-refractivity contribution in [3.8, 4) is 5.75 Å². The smallest absolute Gasteiger partial charge is 0.118 e. The summed E-state index contributed by atoms with van der Waals surface area (Å²) in [7, 11) is 1.68. The van der Waals surface area contributed by atoms with Crippen molar-refractivity contribution in [1.82, 2.24) is 5.32 Å². The monoisotopic (exact) mass is 305 g/mol. The molecule has 0 saturated heterocycles. The van der Waals surface area contributed by atoms with Crippen LogP contribution in [0.1, 0.15) is 27.8 Å². The molecule has 1 aromatic carbocycles. The van der Waals surface area contributed by atoms with Crippen molar-refractivity contribution in [2.45, 2.75) is 33.6 Å². The number of benzene rings is 1. The Morgan fingerprint density at radius 2 is 1.90 bits per heavy atom. The minimum Gasteiger partial charge on any atom is -0.497 e. The number of ether oxygens (including phenoxy) is 2. The molecule has 0 radical (unpaired) electrons. The fraction of sp³-hybridized carbons (Fsp3) is 0.412.